The van der Waals surface area contributed by atoms with E-state index >= 15 is 0 Å². The molecule has 0 aromatic carbocycles. The fourth-order valence-corrected chi connectivity index (χ4v) is 3.07. The second kappa shape index (κ2) is 8.62. The molecular formula is C18H32N4O2. The highest BCUT2D eigenvalue weighted by Gasteiger charge is 2.24. The van der Waals surface area contributed by atoms with Crippen LogP contribution in [0.1, 0.15) is 43.6 Å². The van der Waals surface area contributed by atoms with E-state index in [-0.39, 0.29) is 12.0 Å². The van der Waals surface area contributed by atoms with Crippen LogP contribution in [0.15, 0.2) is 0 Å². The summed E-state index contributed by atoms with van der Waals surface area (Å²) in [6, 6.07) is 0.503. The first-order valence-electron chi connectivity index (χ1n) is 9.01. The molecule has 1 amide bonds. The van der Waals surface area contributed by atoms with Crippen molar-refractivity contribution in [1.29, 1.82) is 0 Å². The SMILES string of the molecule is Cc1nn(CCCNC(=O)C[C@H]2CN(C(C)C)CCO2)c(C)c1C. The van der Waals surface area contributed by atoms with Crippen LogP contribution < -0.4 is 5.32 Å². The maximum Gasteiger partial charge on any atom is 0.222 e. The number of hydrogen-bond donors (Lipinski definition) is 1. The number of morpholine rings is 1. The minimum Gasteiger partial charge on any atom is -0.375 e. The second-order valence-corrected chi connectivity index (χ2v) is 7.01. The third-order valence-electron chi connectivity index (χ3n) is 4.93. The third kappa shape index (κ3) is 5.05. The molecule has 6 heteroatoms. The van der Waals surface area contributed by atoms with Gasteiger partial charge in [0.05, 0.1) is 24.8 Å². The normalized spacial score (nSPS) is 19.0. The summed E-state index contributed by atoms with van der Waals surface area (Å²) >= 11 is 0. The Bertz CT molecular complexity index is 553. The van der Waals surface area contributed by atoms with E-state index in [2.05, 4.69) is 43.0 Å². The van der Waals surface area contributed by atoms with Gasteiger partial charge in [0.2, 0.25) is 5.91 Å². The topological polar surface area (TPSA) is 59.4 Å². The number of aromatic nitrogens is 2. The van der Waals surface area contributed by atoms with E-state index < -0.39 is 0 Å². The minimum absolute atomic E-state index is 0.0137. The van der Waals surface area contributed by atoms with Crippen molar-refractivity contribution >= 4 is 5.91 Å². The average molecular weight is 336 g/mol. The van der Waals surface area contributed by atoms with Crippen molar-refractivity contribution in [3.63, 3.8) is 0 Å². The smallest absolute Gasteiger partial charge is 0.222 e. The van der Waals surface area contributed by atoms with Crippen LogP contribution in [0.2, 0.25) is 0 Å². The predicted octanol–water partition coefficient (Wildman–Crippen LogP) is 1.81. The van der Waals surface area contributed by atoms with Crippen LogP contribution in [0.25, 0.3) is 0 Å². The lowest BCUT2D eigenvalue weighted by Gasteiger charge is -2.35. The molecule has 0 bridgehead atoms. The van der Waals surface area contributed by atoms with Gasteiger partial charge in [-0.25, -0.2) is 0 Å². The molecule has 24 heavy (non-hydrogen) atoms. The molecule has 1 aliphatic heterocycles. The predicted molar refractivity (Wildman–Crippen MR) is 95.1 cm³/mol. The molecule has 0 spiro atoms. The molecule has 1 aromatic rings. The molecule has 2 rings (SSSR count). The number of ether oxygens (including phenoxy) is 1. The van der Waals surface area contributed by atoms with Crippen LogP contribution in [0, 0.1) is 20.8 Å². The maximum atomic E-state index is 12.1. The standard InChI is InChI=1S/C18H32N4O2/c1-13(2)21-9-10-24-17(12-21)11-18(23)19-7-6-8-22-16(5)14(3)15(4)20-22/h13,17H,6-12H2,1-5H3,(H,19,23)/t17-/m0/s1. The van der Waals surface area contributed by atoms with E-state index in [4.69, 9.17) is 4.74 Å². The molecule has 1 N–H and O–H groups in total. The van der Waals surface area contributed by atoms with E-state index in [0.29, 0.717) is 25.6 Å². The highest BCUT2D eigenvalue weighted by Crippen LogP contribution is 2.12. The lowest BCUT2D eigenvalue weighted by Crippen LogP contribution is -2.47. The van der Waals surface area contributed by atoms with Gasteiger partial charge in [-0.15, -0.1) is 0 Å². The van der Waals surface area contributed by atoms with Crippen molar-refractivity contribution in [2.75, 3.05) is 26.2 Å². The number of carbonyl (C=O) groups is 1. The number of carbonyl (C=O) groups excluding carboxylic acids is 1. The number of nitrogens with one attached hydrogen (secondary N) is 1. The molecular weight excluding hydrogens is 304 g/mol. The van der Waals surface area contributed by atoms with E-state index in [1.807, 2.05) is 11.6 Å². The highest BCUT2D eigenvalue weighted by atomic mass is 16.5. The van der Waals surface area contributed by atoms with Gasteiger partial charge in [-0.3, -0.25) is 14.4 Å². The molecule has 0 radical (unpaired) electrons. The number of nitrogens with zero attached hydrogens (tertiary/aromatic N) is 3. The zero-order valence-electron chi connectivity index (χ0n) is 15.8. The van der Waals surface area contributed by atoms with Gasteiger partial charge < -0.3 is 10.1 Å². The molecule has 6 nitrogen and oxygen atoms in total. The molecule has 1 saturated heterocycles. The van der Waals surface area contributed by atoms with Crippen LogP contribution in [-0.2, 0) is 16.1 Å². The number of amides is 1. The Labute approximate surface area is 145 Å². The molecule has 1 aromatic heterocycles. The van der Waals surface area contributed by atoms with Gasteiger partial charge >= 0.3 is 0 Å². The van der Waals surface area contributed by atoms with Crippen molar-refractivity contribution < 1.29 is 9.53 Å². The zero-order valence-corrected chi connectivity index (χ0v) is 15.8. The summed E-state index contributed by atoms with van der Waals surface area (Å²) < 4.78 is 7.75. The van der Waals surface area contributed by atoms with E-state index in [9.17, 15) is 4.79 Å². The van der Waals surface area contributed by atoms with E-state index in [1.54, 1.807) is 0 Å². The maximum absolute atomic E-state index is 12.1. The Morgan fingerprint density at radius 3 is 2.75 bits per heavy atom. The highest BCUT2D eigenvalue weighted by molar-refractivity contribution is 5.76. The van der Waals surface area contributed by atoms with Crippen LogP contribution >= 0.6 is 0 Å². The third-order valence-corrected chi connectivity index (χ3v) is 4.93. The molecule has 136 valence electrons. The van der Waals surface area contributed by atoms with Crippen LogP contribution in [0.4, 0.5) is 0 Å². The minimum atomic E-state index is 0.0137. The second-order valence-electron chi connectivity index (χ2n) is 7.01. The molecule has 1 atom stereocenters. The van der Waals surface area contributed by atoms with E-state index in [0.717, 1.165) is 31.7 Å². The monoisotopic (exact) mass is 336 g/mol. The summed E-state index contributed by atoms with van der Waals surface area (Å²) in [5.74, 6) is 0.0788. The van der Waals surface area contributed by atoms with Crippen molar-refractivity contribution in [1.82, 2.24) is 20.0 Å². The van der Waals surface area contributed by atoms with Crippen LogP contribution in [0.5, 0.6) is 0 Å². The Hall–Kier alpha value is -1.40. The van der Waals surface area contributed by atoms with E-state index in [1.165, 1.54) is 11.3 Å². The van der Waals surface area contributed by atoms with Gasteiger partial charge in [-0.2, -0.15) is 5.10 Å². The molecule has 1 fully saturated rings. The molecule has 0 saturated carbocycles. The van der Waals surface area contributed by atoms with Gasteiger partial charge in [0.25, 0.3) is 0 Å². The van der Waals surface area contributed by atoms with Gasteiger partial charge in [-0.05, 0) is 46.6 Å². The molecule has 0 aliphatic carbocycles. The fraction of sp³-hybridized carbons (Fsp3) is 0.778. The molecule has 1 aliphatic rings. The van der Waals surface area contributed by atoms with Crippen molar-refractivity contribution in [2.24, 2.45) is 0 Å². The summed E-state index contributed by atoms with van der Waals surface area (Å²) in [7, 11) is 0. The molecule has 0 unspecified atom stereocenters. The van der Waals surface area contributed by atoms with Gasteiger partial charge in [0, 0.05) is 37.9 Å². The lowest BCUT2D eigenvalue weighted by molar-refractivity contribution is -0.126. The van der Waals surface area contributed by atoms with Gasteiger partial charge in [0.15, 0.2) is 0 Å². The van der Waals surface area contributed by atoms with Crippen molar-refractivity contribution in [3.8, 4) is 0 Å². The first-order valence-corrected chi connectivity index (χ1v) is 9.01. The Morgan fingerprint density at radius 2 is 2.12 bits per heavy atom. The summed E-state index contributed by atoms with van der Waals surface area (Å²) in [5.41, 5.74) is 3.55. The summed E-state index contributed by atoms with van der Waals surface area (Å²) in [5, 5.41) is 7.53. The number of hydrogen-bond acceptors (Lipinski definition) is 4. The van der Waals surface area contributed by atoms with Crippen molar-refractivity contribution in [3.05, 3.63) is 17.0 Å². The average Bonchev–Trinajstić information content (AvgIpc) is 2.79. The van der Waals surface area contributed by atoms with Gasteiger partial charge in [-0.1, -0.05) is 0 Å². The first kappa shape index (κ1) is 18.9. The molecule has 2 heterocycles. The van der Waals surface area contributed by atoms with Gasteiger partial charge in [0.1, 0.15) is 0 Å². The largest absolute Gasteiger partial charge is 0.375 e. The lowest BCUT2D eigenvalue weighted by atomic mass is 10.1. The quantitative estimate of drug-likeness (QED) is 0.772. The Kier molecular flexibility index (Phi) is 6.80. The summed E-state index contributed by atoms with van der Waals surface area (Å²) in [4.78, 5) is 14.5. The Balaban J connectivity index is 1.67. The summed E-state index contributed by atoms with van der Waals surface area (Å²) in [6.07, 6.45) is 1.35. The fourth-order valence-electron chi connectivity index (χ4n) is 3.07. The number of aryl methyl sites for hydroxylation is 2. The zero-order chi connectivity index (χ0) is 17.7. The number of rotatable bonds is 7. The summed E-state index contributed by atoms with van der Waals surface area (Å²) in [6.45, 7) is 14.6. The first-order chi connectivity index (χ1) is 11.4. The Morgan fingerprint density at radius 1 is 1.38 bits per heavy atom. The van der Waals surface area contributed by atoms with Crippen molar-refractivity contribution in [2.45, 2.75) is 66.2 Å². The van der Waals surface area contributed by atoms with Crippen LogP contribution in [0.3, 0.4) is 0 Å². The van der Waals surface area contributed by atoms with Crippen LogP contribution in [-0.4, -0.2) is 59.0 Å².